The van der Waals surface area contributed by atoms with E-state index in [9.17, 15) is 9.90 Å². The molecule has 2 aromatic rings. The van der Waals surface area contributed by atoms with E-state index in [4.69, 9.17) is 9.72 Å². The summed E-state index contributed by atoms with van der Waals surface area (Å²) in [6, 6.07) is 1.10. The molecule has 0 atom stereocenters. The Hall–Kier alpha value is -1.77. The first-order valence-electron chi connectivity index (χ1n) is 11.7. The SMILES string of the molecule is C[Si](C)(C)CCOCn1cc(C(=O)NCCC2(O)CCCC2)c2nc(C3CC3)cnc21. The molecule has 7 nitrogen and oxygen atoms in total. The van der Waals surface area contributed by atoms with E-state index in [1.54, 1.807) is 0 Å². The lowest BCUT2D eigenvalue weighted by Gasteiger charge is -2.21. The van der Waals surface area contributed by atoms with Gasteiger partial charge in [-0.1, -0.05) is 32.5 Å². The fraction of sp³-hybridized carbons (Fsp3) is 0.696. The van der Waals surface area contributed by atoms with Crippen LogP contribution >= 0.6 is 0 Å². The van der Waals surface area contributed by atoms with E-state index < -0.39 is 13.7 Å². The Labute approximate surface area is 185 Å². The zero-order valence-electron chi connectivity index (χ0n) is 19.1. The standard InChI is InChI=1S/C23H36N4O3Si/c1-31(2,3)13-12-30-16-27-15-18(20-21(27)25-14-19(26-20)17-6-7-17)22(28)24-11-10-23(29)8-4-5-9-23/h14-15,17,29H,4-13,16H2,1-3H3,(H,24,28). The van der Waals surface area contributed by atoms with Crippen molar-refractivity contribution in [1.29, 1.82) is 0 Å². The van der Waals surface area contributed by atoms with E-state index in [-0.39, 0.29) is 5.91 Å². The van der Waals surface area contributed by atoms with Crippen molar-refractivity contribution in [1.82, 2.24) is 19.9 Å². The summed E-state index contributed by atoms with van der Waals surface area (Å²) in [5.41, 5.74) is 2.23. The number of carbonyl (C=O) groups is 1. The van der Waals surface area contributed by atoms with Gasteiger partial charge in [-0.05, 0) is 38.1 Å². The Kier molecular flexibility index (Phi) is 6.51. The first-order chi connectivity index (χ1) is 14.7. The van der Waals surface area contributed by atoms with Gasteiger partial charge >= 0.3 is 0 Å². The van der Waals surface area contributed by atoms with Crippen LogP contribution in [0.1, 0.15) is 66.9 Å². The number of amides is 1. The maximum Gasteiger partial charge on any atom is 0.255 e. The number of aliphatic hydroxyl groups is 1. The summed E-state index contributed by atoms with van der Waals surface area (Å²) in [5.74, 6) is 0.315. The van der Waals surface area contributed by atoms with Gasteiger partial charge in [0.1, 0.15) is 12.2 Å². The Morgan fingerprint density at radius 3 is 2.74 bits per heavy atom. The monoisotopic (exact) mass is 444 g/mol. The Bertz CT molecular complexity index is 927. The van der Waals surface area contributed by atoms with Crippen molar-refractivity contribution >= 4 is 25.1 Å². The first-order valence-corrected chi connectivity index (χ1v) is 15.4. The van der Waals surface area contributed by atoms with Crippen molar-refractivity contribution in [3.63, 3.8) is 0 Å². The van der Waals surface area contributed by atoms with Gasteiger partial charge in [-0.3, -0.25) is 4.79 Å². The van der Waals surface area contributed by atoms with Crippen molar-refractivity contribution in [2.24, 2.45) is 0 Å². The van der Waals surface area contributed by atoms with Gasteiger partial charge in [0.05, 0.1) is 23.1 Å². The minimum Gasteiger partial charge on any atom is -0.390 e. The molecule has 0 bridgehead atoms. The van der Waals surface area contributed by atoms with Crippen molar-refractivity contribution < 1.29 is 14.6 Å². The molecule has 0 radical (unpaired) electrons. The quantitative estimate of drug-likeness (QED) is 0.426. The molecule has 2 aliphatic carbocycles. The smallest absolute Gasteiger partial charge is 0.255 e. The van der Waals surface area contributed by atoms with Gasteiger partial charge < -0.3 is 19.7 Å². The van der Waals surface area contributed by atoms with E-state index in [1.165, 1.54) is 0 Å². The molecule has 2 saturated carbocycles. The molecule has 31 heavy (non-hydrogen) atoms. The molecule has 8 heteroatoms. The highest BCUT2D eigenvalue weighted by Crippen LogP contribution is 2.39. The molecular weight excluding hydrogens is 408 g/mol. The van der Waals surface area contributed by atoms with Gasteiger partial charge in [0.25, 0.3) is 5.91 Å². The van der Waals surface area contributed by atoms with Crippen molar-refractivity contribution in [3.05, 3.63) is 23.7 Å². The maximum atomic E-state index is 13.0. The number of nitrogens with one attached hydrogen (secondary N) is 1. The molecule has 2 N–H and O–H groups in total. The van der Waals surface area contributed by atoms with Gasteiger partial charge in [-0.25, -0.2) is 9.97 Å². The third-order valence-electron chi connectivity index (χ3n) is 6.46. The van der Waals surface area contributed by atoms with Gasteiger partial charge in [0.2, 0.25) is 0 Å². The Morgan fingerprint density at radius 1 is 1.32 bits per heavy atom. The fourth-order valence-corrected chi connectivity index (χ4v) is 4.99. The Morgan fingerprint density at radius 2 is 2.06 bits per heavy atom. The number of fused-ring (bicyclic) bond motifs is 1. The van der Waals surface area contributed by atoms with Crippen LogP contribution in [0.3, 0.4) is 0 Å². The minimum atomic E-state index is -1.15. The summed E-state index contributed by atoms with van der Waals surface area (Å²) in [4.78, 5) is 22.4. The average Bonchev–Trinajstić information content (AvgIpc) is 3.38. The van der Waals surface area contributed by atoms with E-state index in [0.717, 1.165) is 50.3 Å². The second-order valence-electron chi connectivity index (χ2n) is 10.5. The van der Waals surface area contributed by atoms with E-state index >= 15 is 0 Å². The molecule has 0 spiro atoms. The van der Waals surface area contributed by atoms with Crippen molar-refractivity contribution in [2.75, 3.05) is 13.2 Å². The zero-order chi connectivity index (χ0) is 22.1. The van der Waals surface area contributed by atoms with Gasteiger partial charge in [0, 0.05) is 33.3 Å². The van der Waals surface area contributed by atoms with Gasteiger partial charge in [-0.2, -0.15) is 0 Å². The predicted octanol–water partition coefficient (Wildman–Crippen LogP) is 4.05. The molecule has 170 valence electrons. The highest BCUT2D eigenvalue weighted by molar-refractivity contribution is 6.76. The van der Waals surface area contributed by atoms with E-state index in [1.807, 2.05) is 17.0 Å². The number of nitrogens with zero attached hydrogens (tertiary/aromatic N) is 3. The molecule has 0 aromatic carbocycles. The molecule has 2 aromatic heterocycles. The van der Waals surface area contributed by atoms with Crippen LogP contribution in [0.2, 0.25) is 25.7 Å². The fourth-order valence-electron chi connectivity index (χ4n) is 4.23. The van der Waals surface area contributed by atoms with Crippen LogP contribution in [-0.2, 0) is 11.5 Å². The maximum absolute atomic E-state index is 13.0. The molecule has 2 aliphatic rings. The number of carbonyl (C=O) groups excluding carboxylic acids is 1. The van der Waals surface area contributed by atoms with Gasteiger partial charge in [0.15, 0.2) is 5.65 Å². The molecule has 0 unspecified atom stereocenters. The van der Waals surface area contributed by atoms with Crippen LogP contribution in [0.25, 0.3) is 11.2 Å². The molecule has 4 rings (SSSR count). The van der Waals surface area contributed by atoms with Crippen LogP contribution in [0.5, 0.6) is 0 Å². The molecule has 1 amide bonds. The van der Waals surface area contributed by atoms with Gasteiger partial charge in [-0.15, -0.1) is 0 Å². The summed E-state index contributed by atoms with van der Waals surface area (Å²) in [7, 11) is -1.15. The predicted molar refractivity (Wildman–Crippen MR) is 124 cm³/mol. The minimum absolute atomic E-state index is 0.158. The molecule has 0 aliphatic heterocycles. The summed E-state index contributed by atoms with van der Waals surface area (Å²) < 4.78 is 7.81. The summed E-state index contributed by atoms with van der Waals surface area (Å²) in [6.07, 6.45) is 10.3. The highest BCUT2D eigenvalue weighted by Gasteiger charge is 2.31. The van der Waals surface area contributed by atoms with Crippen LogP contribution in [-0.4, -0.2) is 52.4 Å². The normalized spacial score (nSPS) is 18.6. The lowest BCUT2D eigenvalue weighted by atomic mass is 9.98. The Balaban J connectivity index is 1.47. The molecular formula is C23H36N4O3Si. The molecule has 2 heterocycles. The van der Waals surface area contributed by atoms with Crippen molar-refractivity contribution in [2.45, 2.75) is 88.9 Å². The largest absolute Gasteiger partial charge is 0.390 e. The lowest BCUT2D eigenvalue weighted by molar-refractivity contribution is 0.0389. The van der Waals surface area contributed by atoms with Crippen LogP contribution in [0, 0.1) is 0 Å². The topological polar surface area (TPSA) is 89.3 Å². The number of aromatic nitrogens is 3. The third kappa shape index (κ3) is 5.73. The number of hydrogen-bond donors (Lipinski definition) is 2. The summed E-state index contributed by atoms with van der Waals surface area (Å²) >= 11 is 0. The van der Waals surface area contributed by atoms with E-state index in [0.29, 0.717) is 48.9 Å². The molecule has 0 saturated heterocycles. The third-order valence-corrected chi connectivity index (χ3v) is 8.17. The van der Waals surface area contributed by atoms with Crippen LogP contribution < -0.4 is 5.32 Å². The number of hydrogen-bond acceptors (Lipinski definition) is 5. The summed E-state index contributed by atoms with van der Waals surface area (Å²) in [5, 5.41) is 13.5. The second-order valence-corrected chi connectivity index (χ2v) is 16.2. The van der Waals surface area contributed by atoms with Crippen LogP contribution in [0.4, 0.5) is 0 Å². The first kappa shape index (κ1) is 22.4. The lowest BCUT2D eigenvalue weighted by Crippen LogP contribution is -2.32. The second kappa shape index (κ2) is 9.00. The van der Waals surface area contributed by atoms with E-state index in [2.05, 4.69) is 29.9 Å². The van der Waals surface area contributed by atoms with Crippen molar-refractivity contribution in [3.8, 4) is 0 Å². The molecule has 2 fully saturated rings. The highest BCUT2D eigenvalue weighted by atomic mass is 28.3. The van der Waals surface area contributed by atoms with Crippen LogP contribution in [0.15, 0.2) is 12.4 Å². The number of ether oxygens (including phenoxy) is 1. The average molecular weight is 445 g/mol. The summed E-state index contributed by atoms with van der Waals surface area (Å²) in [6.45, 7) is 8.53. The number of rotatable bonds is 10. The zero-order valence-corrected chi connectivity index (χ0v) is 20.1.